The van der Waals surface area contributed by atoms with Gasteiger partial charge in [-0.25, -0.2) is 4.98 Å². The summed E-state index contributed by atoms with van der Waals surface area (Å²) in [5.74, 6) is 2.10. The van der Waals surface area contributed by atoms with Crippen molar-refractivity contribution in [1.82, 2.24) is 19.7 Å². The zero-order valence-corrected chi connectivity index (χ0v) is 19.5. The number of carbonyl (C=O) groups excluding carboxylic acids is 1. The van der Waals surface area contributed by atoms with Gasteiger partial charge in [-0.1, -0.05) is 44.7 Å². The molecule has 1 saturated carbocycles. The summed E-state index contributed by atoms with van der Waals surface area (Å²) in [6.45, 7) is 8.02. The Morgan fingerprint density at radius 2 is 2.00 bits per heavy atom. The molecule has 6 nitrogen and oxygen atoms in total. The second-order valence-corrected chi connectivity index (χ2v) is 9.66. The number of thiazole rings is 1. The third-order valence-electron chi connectivity index (χ3n) is 5.12. The number of benzene rings is 1. The molecule has 0 saturated heterocycles. The largest absolute Gasteiger partial charge is 0.303 e. The highest BCUT2D eigenvalue weighted by atomic mass is 32.2. The topological polar surface area (TPSA) is 63.9 Å². The fraction of sp³-hybridized carbons (Fsp3) is 0.455. The van der Waals surface area contributed by atoms with E-state index in [-0.39, 0.29) is 5.91 Å². The Bertz CT molecular complexity index is 1020. The lowest BCUT2D eigenvalue weighted by Crippen LogP contribution is -2.22. The van der Waals surface area contributed by atoms with Gasteiger partial charge in [0.15, 0.2) is 10.3 Å². The van der Waals surface area contributed by atoms with Crippen molar-refractivity contribution < 1.29 is 4.79 Å². The van der Waals surface area contributed by atoms with Crippen LogP contribution in [0.2, 0.25) is 0 Å². The van der Waals surface area contributed by atoms with E-state index >= 15 is 0 Å². The number of aromatic nitrogens is 4. The van der Waals surface area contributed by atoms with Gasteiger partial charge in [0.05, 0.1) is 11.4 Å². The Labute approximate surface area is 185 Å². The van der Waals surface area contributed by atoms with E-state index in [9.17, 15) is 4.79 Å². The molecule has 0 unspecified atom stereocenters. The standard InChI is InChI=1S/C22H27N5OS2/c1-5-16-6-8-18(9-7-16)26(15(4)28)21-23-17(12-29-21)13-30-22-25-24-20(14(2)3)27(22)19-10-11-19/h6-9,12,14,19H,5,10-11,13H2,1-4H3. The number of amides is 1. The van der Waals surface area contributed by atoms with Crippen LogP contribution < -0.4 is 4.90 Å². The maximum absolute atomic E-state index is 12.3. The van der Waals surface area contributed by atoms with E-state index in [1.54, 1.807) is 23.6 Å². The van der Waals surface area contributed by atoms with Crippen LogP contribution in [-0.2, 0) is 17.0 Å². The lowest BCUT2D eigenvalue weighted by Gasteiger charge is -2.18. The van der Waals surface area contributed by atoms with Gasteiger partial charge in [0.25, 0.3) is 0 Å². The summed E-state index contributed by atoms with van der Waals surface area (Å²) in [4.78, 5) is 18.8. The maximum atomic E-state index is 12.3. The SMILES string of the molecule is CCc1ccc(N(C(C)=O)c2nc(CSc3nnc(C(C)C)n3C3CC3)cs2)cc1. The summed E-state index contributed by atoms with van der Waals surface area (Å²) in [5, 5.41) is 12.6. The minimum Gasteiger partial charge on any atom is -0.303 e. The van der Waals surface area contributed by atoms with Crippen molar-refractivity contribution in [2.45, 2.75) is 69.8 Å². The Morgan fingerprint density at radius 1 is 1.27 bits per heavy atom. The van der Waals surface area contributed by atoms with Gasteiger partial charge in [0, 0.05) is 30.0 Å². The molecule has 30 heavy (non-hydrogen) atoms. The first-order valence-electron chi connectivity index (χ1n) is 10.4. The highest BCUT2D eigenvalue weighted by molar-refractivity contribution is 7.98. The molecule has 8 heteroatoms. The molecule has 3 aromatic rings. The zero-order valence-electron chi connectivity index (χ0n) is 17.8. The summed E-state index contributed by atoms with van der Waals surface area (Å²) in [6, 6.07) is 8.65. The van der Waals surface area contributed by atoms with E-state index in [1.807, 2.05) is 17.5 Å². The number of aryl methyl sites for hydroxylation is 1. The van der Waals surface area contributed by atoms with Crippen molar-refractivity contribution in [3.8, 4) is 0 Å². The van der Waals surface area contributed by atoms with Crippen LogP contribution in [-0.4, -0.2) is 25.7 Å². The quantitative estimate of drug-likeness (QED) is 0.418. The van der Waals surface area contributed by atoms with Crippen LogP contribution in [0.15, 0.2) is 34.8 Å². The van der Waals surface area contributed by atoms with Crippen LogP contribution in [0.3, 0.4) is 0 Å². The average molecular weight is 442 g/mol. The van der Waals surface area contributed by atoms with Gasteiger partial charge in [-0.05, 0) is 37.0 Å². The molecule has 1 aliphatic carbocycles. The first kappa shape index (κ1) is 21.1. The summed E-state index contributed by atoms with van der Waals surface area (Å²) in [7, 11) is 0. The third kappa shape index (κ3) is 4.44. The van der Waals surface area contributed by atoms with E-state index in [0.717, 1.165) is 28.8 Å². The number of rotatable bonds is 8. The van der Waals surface area contributed by atoms with Crippen molar-refractivity contribution >= 4 is 39.8 Å². The van der Waals surface area contributed by atoms with Crippen molar-refractivity contribution in [1.29, 1.82) is 0 Å². The normalized spacial score (nSPS) is 13.8. The molecule has 0 atom stereocenters. The molecule has 0 aliphatic heterocycles. The van der Waals surface area contributed by atoms with Crippen LogP contribution in [0.1, 0.15) is 69.6 Å². The van der Waals surface area contributed by atoms with Gasteiger partial charge < -0.3 is 4.57 Å². The first-order valence-corrected chi connectivity index (χ1v) is 12.3. The van der Waals surface area contributed by atoms with Crippen LogP contribution >= 0.6 is 23.1 Å². The van der Waals surface area contributed by atoms with Crippen LogP contribution in [0.4, 0.5) is 10.8 Å². The molecule has 0 N–H and O–H groups in total. The minimum atomic E-state index is -0.0390. The molecule has 1 amide bonds. The van der Waals surface area contributed by atoms with Crippen molar-refractivity contribution in [2.24, 2.45) is 0 Å². The Balaban J connectivity index is 1.50. The molecular weight excluding hydrogens is 414 g/mol. The second kappa shape index (κ2) is 8.89. The first-order chi connectivity index (χ1) is 14.5. The molecular formula is C22H27N5OS2. The fourth-order valence-electron chi connectivity index (χ4n) is 3.37. The van der Waals surface area contributed by atoms with E-state index in [1.165, 1.54) is 29.7 Å². The van der Waals surface area contributed by atoms with Crippen LogP contribution in [0, 0.1) is 0 Å². The van der Waals surface area contributed by atoms with E-state index in [4.69, 9.17) is 4.98 Å². The number of nitrogens with zero attached hydrogens (tertiary/aromatic N) is 5. The molecule has 0 radical (unpaired) electrons. The van der Waals surface area contributed by atoms with Gasteiger partial charge in [0.2, 0.25) is 5.91 Å². The summed E-state index contributed by atoms with van der Waals surface area (Å²) in [5.41, 5.74) is 3.05. The smallest absolute Gasteiger partial charge is 0.230 e. The molecule has 158 valence electrons. The molecule has 4 rings (SSSR count). The maximum Gasteiger partial charge on any atom is 0.230 e. The summed E-state index contributed by atoms with van der Waals surface area (Å²) < 4.78 is 2.31. The molecule has 0 spiro atoms. The summed E-state index contributed by atoms with van der Waals surface area (Å²) >= 11 is 3.17. The zero-order chi connectivity index (χ0) is 21.3. The molecule has 1 fully saturated rings. The highest BCUT2D eigenvalue weighted by Gasteiger charge is 2.30. The predicted molar refractivity (Wildman–Crippen MR) is 123 cm³/mol. The molecule has 2 aromatic heterocycles. The van der Waals surface area contributed by atoms with Gasteiger partial charge in [0.1, 0.15) is 5.82 Å². The average Bonchev–Trinajstić information content (AvgIpc) is 3.30. The van der Waals surface area contributed by atoms with E-state index in [0.29, 0.717) is 22.8 Å². The lowest BCUT2D eigenvalue weighted by molar-refractivity contribution is -0.115. The number of hydrogen-bond acceptors (Lipinski definition) is 6. The lowest BCUT2D eigenvalue weighted by atomic mass is 10.1. The highest BCUT2D eigenvalue weighted by Crippen LogP contribution is 2.40. The molecule has 0 bridgehead atoms. The van der Waals surface area contributed by atoms with E-state index < -0.39 is 0 Å². The Hall–Kier alpha value is -2.19. The second-order valence-electron chi connectivity index (χ2n) is 7.88. The molecule has 2 heterocycles. The minimum absolute atomic E-state index is 0.0390. The summed E-state index contributed by atoms with van der Waals surface area (Å²) in [6.07, 6.45) is 3.39. The molecule has 1 aromatic carbocycles. The predicted octanol–water partition coefficient (Wildman–Crippen LogP) is 5.73. The van der Waals surface area contributed by atoms with Crippen molar-refractivity contribution in [3.63, 3.8) is 0 Å². The van der Waals surface area contributed by atoms with Crippen molar-refractivity contribution in [3.05, 3.63) is 46.7 Å². The van der Waals surface area contributed by atoms with Gasteiger partial charge in [-0.2, -0.15) is 0 Å². The van der Waals surface area contributed by atoms with Gasteiger partial charge >= 0.3 is 0 Å². The number of carbonyl (C=O) groups is 1. The van der Waals surface area contributed by atoms with Gasteiger partial charge in [-0.15, -0.1) is 21.5 Å². The number of hydrogen-bond donors (Lipinski definition) is 0. The third-order valence-corrected chi connectivity index (χ3v) is 6.97. The van der Waals surface area contributed by atoms with Gasteiger partial charge in [-0.3, -0.25) is 9.69 Å². The monoisotopic (exact) mass is 441 g/mol. The fourth-order valence-corrected chi connectivity index (χ4v) is 5.27. The van der Waals surface area contributed by atoms with Crippen molar-refractivity contribution in [2.75, 3.05) is 4.90 Å². The molecule has 1 aliphatic rings. The van der Waals surface area contributed by atoms with Crippen LogP contribution in [0.5, 0.6) is 0 Å². The Kier molecular flexibility index (Phi) is 6.24. The number of thioether (sulfide) groups is 1. The van der Waals surface area contributed by atoms with E-state index in [2.05, 4.69) is 47.7 Å². The Morgan fingerprint density at radius 3 is 2.60 bits per heavy atom. The van der Waals surface area contributed by atoms with Crippen LogP contribution in [0.25, 0.3) is 0 Å². The number of anilines is 2.